The number of thiocarbonyl (C=S) groups is 1. The predicted molar refractivity (Wildman–Crippen MR) is 125 cm³/mol. The highest BCUT2D eigenvalue weighted by molar-refractivity contribution is 7.80. The molecule has 0 aliphatic heterocycles. The molecule has 0 aromatic heterocycles. The van der Waals surface area contributed by atoms with Crippen molar-refractivity contribution in [3.63, 3.8) is 0 Å². The van der Waals surface area contributed by atoms with Gasteiger partial charge in [-0.2, -0.15) is 0 Å². The van der Waals surface area contributed by atoms with Gasteiger partial charge in [-0.3, -0.25) is 0 Å². The Balaban J connectivity index is 1.75. The van der Waals surface area contributed by atoms with Crippen LogP contribution in [0.4, 0.5) is 0 Å². The molecule has 3 aromatic carbocycles. The van der Waals surface area contributed by atoms with E-state index in [0.29, 0.717) is 41.3 Å². The number of hydrogen-bond donors (Lipinski definition) is 1. The molecule has 0 atom stereocenters. The van der Waals surface area contributed by atoms with Crippen molar-refractivity contribution in [2.75, 3.05) is 13.7 Å². The van der Waals surface area contributed by atoms with E-state index in [9.17, 15) is 0 Å². The summed E-state index contributed by atoms with van der Waals surface area (Å²) in [5, 5.41) is 3.71. The van der Waals surface area contributed by atoms with Gasteiger partial charge in [0.25, 0.3) is 0 Å². The Morgan fingerprint density at radius 1 is 0.967 bits per heavy atom. The molecule has 0 bridgehead atoms. The smallest absolute Gasteiger partial charge is 0.180 e. The third-order valence-corrected chi connectivity index (χ3v) is 5.09. The molecule has 0 amide bonds. The lowest BCUT2D eigenvalue weighted by atomic mass is 10.1. The molecule has 0 saturated carbocycles. The van der Waals surface area contributed by atoms with E-state index < -0.39 is 0 Å². The van der Waals surface area contributed by atoms with Crippen LogP contribution in [0.3, 0.4) is 0 Å². The second kappa shape index (κ2) is 10.9. The molecule has 1 N–H and O–H groups in total. The summed E-state index contributed by atoms with van der Waals surface area (Å²) in [4.78, 5) is 0.568. The first kappa shape index (κ1) is 21.9. The van der Waals surface area contributed by atoms with E-state index in [4.69, 9.17) is 38.0 Å². The standard InChI is InChI=1S/C24H24ClNO3S/c1-3-28-22-14-19(24(30)26-15-18-11-7-8-12-21(18)27-2)13-20(25)23(22)29-16-17-9-5-4-6-10-17/h4-14H,3,15-16H2,1-2H3,(H,26,30). The van der Waals surface area contributed by atoms with Crippen LogP contribution in [0.2, 0.25) is 5.02 Å². The minimum atomic E-state index is 0.399. The maximum atomic E-state index is 6.53. The topological polar surface area (TPSA) is 39.7 Å². The van der Waals surface area contributed by atoms with Crippen molar-refractivity contribution in [3.05, 3.63) is 88.4 Å². The van der Waals surface area contributed by atoms with Gasteiger partial charge in [0.2, 0.25) is 0 Å². The number of rotatable bonds is 9. The van der Waals surface area contributed by atoms with Gasteiger partial charge in [-0.1, -0.05) is 72.3 Å². The summed E-state index contributed by atoms with van der Waals surface area (Å²) in [6.07, 6.45) is 0. The third-order valence-electron chi connectivity index (χ3n) is 4.43. The van der Waals surface area contributed by atoms with Crippen molar-refractivity contribution in [3.8, 4) is 17.2 Å². The van der Waals surface area contributed by atoms with Gasteiger partial charge in [-0.25, -0.2) is 0 Å². The highest BCUT2D eigenvalue weighted by atomic mass is 35.5. The fourth-order valence-corrected chi connectivity index (χ4v) is 3.41. The second-order valence-corrected chi connectivity index (χ2v) is 7.30. The number of nitrogens with one attached hydrogen (secondary N) is 1. The first-order chi connectivity index (χ1) is 14.6. The summed E-state index contributed by atoms with van der Waals surface area (Å²) in [5.74, 6) is 1.89. The number of benzene rings is 3. The number of para-hydroxylation sites is 1. The van der Waals surface area contributed by atoms with Crippen LogP contribution in [-0.2, 0) is 13.2 Å². The molecule has 6 heteroatoms. The molecule has 0 aliphatic carbocycles. The quantitative estimate of drug-likeness (QED) is 0.425. The van der Waals surface area contributed by atoms with E-state index in [2.05, 4.69) is 5.32 Å². The normalized spacial score (nSPS) is 10.4. The summed E-state index contributed by atoms with van der Waals surface area (Å²) in [5.41, 5.74) is 2.83. The Hall–Kier alpha value is -2.76. The van der Waals surface area contributed by atoms with Crippen molar-refractivity contribution in [2.24, 2.45) is 0 Å². The summed E-state index contributed by atoms with van der Waals surface area (Å²) in [6, 6.07) is 21.4. The average molecular weight is 442 g/mol. The van der Waals surface area contributed by atoms with Crippen molar-refractivity contribution in [1.82, 2.24) is 5.32 Å². The van der Waals surface area contributed by atoms with Crippen molar-refractivity contribution < 1.29 is 14.2 Å². The van der Waals surface area contributed by atoms with Gasteiger partial charge in [0.1, 0.15) is 17.3 Å². The Kier molecular flexibility index (Phi) is 7.94. The van der Waals surface area contributed by atoms with Crippen LogP contribution in [0.15, 0.2) is 66.7 Å². The van der Waals surface area contributed by atoms with Gasteiger partial charge >= 0.3 is 0 Å². The van der Waals surface area contributed by atoms with Gasteiger partial charge < -0.3 is 19.5 Å². The number of methoxy groups -OCH3 is 1. The summed E-state index contributed by atoms with van der Waals surface area (Å²) < 4.78 is 17.1. The second-order valence-electron chi connectivity index (χ2n) is 6.49. The van der Waals surface area contributed by atoms with E-state index in [-0.39, 0.29) is 0 Å². The Morgan fingerprint density at radius 3 is 2.43 bits per heavy atom. The van der Waals surface area contributed by atoms with Gasteiger partial charge in [-0.05, 0) is 30.7 Å². The van der Waals surface area contributed by atoms with Crippen LogP contribution in [0.5, 0.6) is 17.2 Å². The van der Waals surface area contributed by atoms with Gasteiger partial charge in [0, 0.05) is 17.7 Å². The largest absolute Gasteiger partial charge is 0.496 e. The highest BCUT2D eigenvalue weighted by Gasteiger charge is 2.15. The zero-order chi connectivity index (χ0) is 21.3. The minimum Gasteiger partial charge on any atom is -0.496 e. The van der Waals surface area contributed by atoms with Crippen LogP contribution < -0.4 is 19.5 Å². The molecule has 0 saturated heterocycles. The molecule has 30 heavy (non-hydrogen) atoms. The maximum absolute atomic E-state index is 6.53. The number of hydrogen-bond acceptors (Lipinski definition) is 4. The highest BCUT2D eigenvalue weighted by Crippen LogP contribution is 2.37. The van der Waals surface area contributed by atoms with Crippen molar-refractivity contribution >= 4 is 28.8 Å². The molecule has 0 unspecified atom stereocenters. The van der Waals surface area contributed by atoms with Gasteiger partial charge in [-0.15, -0.1) is 0 Å². The molecule has 0 spiro atoms. The SMILES string of the molecule is CCOc1cc(C(=S)NCc2ccccc2OC)cc(Cl)c1OCc1ccccc1. The fraction of sp³-hybridized carbons (Fsp3) is 0.208. The third kappa shape index (κ3) is 5.65. The van der Waals surface area contributed by atoms with Crippen molar-refractivity contribution in [2.45, 2.75) is 20.1 Å². The zero-order valence-electron chi connectivity index (χ0n) is 17.0. The van der Waals surface area contributed by atoms with E-state index in [1.807, 2.05) is 67.6 Å². The van der Waals surface area contributed by atoms with E-state index in [1.54, 1.807) is 13.2 Å². The predicted octanol–water partition coefficient (Wildman–Crippen LogP) is 5.79. The Morgan fingerprint density at radius 2 is 1.70 bits per heavy atom. The lowest BCUT2D eigenvalue weighted by Crippen LogP contribution is -2.22. The molecule has 3 rings (SSSR count). The lowest BCUT2D eigenvalue weighted by Gasteiger charge is -2.17. The van der Waals surface area contributed by atoms with E-state index in [1.165, 1.54) is 0 Å². The molecule has 0 aliphatic rings. The lowest BCUT2D eigenvalue weighted by molar-refractivity contribution is 0.269. The van der Waals surface area contributed by atoms with E-state index >= 15 is 0 Å². The molecule has 3 aromatic rings. The Bertz CT molecular complexity index is 995. The molecule has 156 valence electrons. The molecule has 0 radical (unpaired) electrons. The molecular formula is C24H24ClNO3S. The molecule has 0 heterocycles. The first-order valence-electron chi connectivity index (χ1n) is 9.65. The molecule has 0 fully saturated rings. The van der Waals surface area contributed by atoms with Crippen LogP contribution in [0, 0.1) is 0 Å². The number of ether oxygens (including phenoxy) is 3. The Labute approximate surface area is 187 Å². The van der Waals surface area contributed by atoms with Crippen molar-refractivity contribution in [1.29, 1.82) is 0 Å². The summed E-state index contributed by atoms with van der Waals surface area (Å²) >= 11 is 12.1. The van der Waals surface area contributed by atoms with Crippen LogP contribution in [0.25, 0.3) is 0 Å². The van der Waals surface area contributed by atoms with Crippen LogP contribution in [0.1, 0.15) is 23.6 Å². The van der Waals surface area contributed by atoms with Gasteiger partial charge in [0.05, 0.1) is 18.7 Å². The van der Waals surface area contributed by atoms with E-state index in [0.717, 1.165) is 22.4 Å². The molecular weight excluding hydrogens is 418 g/mol. The summed E-state index contributed by atoms with van der Waals surface area (Å²) in [6.45, 7) is 3.34. The average Bonchev–Trinajstić information content (AvgIpc) is 2.77. The number of halogens is 1. The van der Waals surface area contributed by atoms with Gasteiger partial charge in [0.15, 0.2) is 11.5 Å². The van der Waals surface area contributed by atoms with Crippen LogP contribution >= 0.6 is 23.8 Å². The van der Waals surface area contributed by atoms with Crippen LogP contribution in [-0.4, -0.2) is 18.7 Å². The monoisotopic (exact) mass is 441 g/mol. The fourth-order valence-electron chi connectivity index (χ4n) is 2.96. The zero-order valence-corrected chi connectivity index (χ0v) is 18.6. The minimum absolute atomic E-state index is 0.399. The first-order valence-corrected chi connectivity index (χ1v) is 10.4. The molecule has 4 nitrogen and oxygen atoms in total. The maximum Gasteiger partial charge on any atom is 0.180 e. The summed E-state index contributed by atoms with van der Waals surface area (Å²) in [7, 11) is 1.65.